The summed E-state index contributed by atoms with van der Waals surface area (Å²) in [4.78, 5) is 147. The van der Waals surface area contributed by atoms with E-state index in [0.717, 1.165) is 87.6 Å². The molecular weight excluding hydrogens is 1550 g/mol. The van der Waals surface area contributed by atoms with Gasteiger partial charge in [0.15, 0.2) is 17.5 Å². The first-order valence-corrected chi connectivity index (χ1v) is 42.7. The van der Waals surface area contributed by atoms with Gasteiger partial charge in [0.05, 0.1) is 57.0 Å². The number of aromatic nitrogens is 6. The molecule has 6 fully saturated rings. The number of rotatable bonds is 17. The normalized spacial score (nSPS) is 18.4. The Morgan fingerprint density at radius 2 is 0.719 bits per heavy atom. The number of carbonyl (C=O) groups excluding carboxylic acids is 8. The molecule has 15 rings (SSSR count). The summed E-state index contributed by atoms with van der Waals surface area (Å²) in [6.07, 6.45) is 22.6. The molecule has 9 heterocycles. The number of likely N-dealkylation sites (tertiary alicyclic amines) is 1. The molecular formula is C87H119N21O13. The predicted octanol–water partition coefficient (Wildman–Crippen LogP) is 11.3. The van der Waals surface area contributed by atoms with Gasteiger partial charge < -0.3 is 99.7 Å². The van der Waals surface area contributed by atoms with E-state index in [1.54, 1.807) is 139 Å². The van der Waals surface area contributed by atoms with Gasteiger partial charge in [-0.25, -0.2) is 24.5 Å². The Morgan fingerprint density at radius 3 is 1.06 bits per heavy atom. The van der Waals surface area contributed by atoms with E-state index in [1.165, 1.54) is 38.5 Å². The van der Waals surface area contributed by atoms with E-state index in [9.17, 15) is 38.4 Å². The molecule has 3 aliphatic carbocycles. The van der Waals surface area contributed by atoms with Crippen LogP contribution < -0.4 is 75.5 Å². The SMILES string of the molecule is COc1cc(C(=O)N2CCN(C(=O)OC(C)(C)C)CC2)ccc1Nc1ncc2c(n1)N(C1CCCC1)CCC(=O)N2C.COc1cc(C(=O)NC2CCN(C(=O)OC(C)(C)C)CC2)ccc1Nc1ncc2c(n1)N(C1CCCC1)CCC(=O)N2C.COc1cc(C(=O)NC2CCNCC2)ccc1Nc1ncc2c(n1)N(C1CCCC1)CCC(=O)N2C. The van der Waals surface area contributed by atoms with Gasteiger partial charge in [-0.2, -0.15) is 15.0 Å². The number of benzene rings is 3. The van der Waals surface area contributed by atoms with Crippen LogP contribution in [-0.2, 0) is 23.9 Å². The van der Waals surface area contributed by atoms with Gasteiger partial charge in [-0.3, -0.25) is 28.8 Å². The smallest absolute Gasteiger partial charge is 0.410 e. The number of nitrogens with one attached hydrogen (secondary N) is 6. The van der Waals surface area contributed by atoms with E-state index in [0.29, 0.717) is 189 Å². The van der Waals surface area contributed by atoms with Crippen molar-refractivity contribution in [3.63, 3.8) is 0 Å². The lowest BCUT2D eigenvalue weighted by Crippen LogP contribution is -2.51. The highest BCUT2D eigenvalue weighted by Gasteiger charge is 2.38. The minimum absolute atomic E-state index is 0.0456. The molecule has 6 N–H and O–H groups in total. The summed E-state index contributed by atoms with van der Waals surface area (Å²) in [6.45, 7) is 17.5. The zero-order valence-corrected chi connectivity index (χ0v) is 72.0. The molecule has 3 saturated carbocycles. The van der Waals surface area contributed by atoms with Gasteiger partial charge in [-0.05, 0) is 173 Å². The van der Waals surface area contributed by atoms with Gasteiger partial charge in [0.1, 0.15) is 45.5 Å². The van der Waals surface area contributed by atoms with Gasteiger partial charge in [0.2, 0.25) is 35.6 Å². The van der Waals surface area contributed by atoms with Crippen molar-refractivity contribution in [3.05, 3.63) is 89.9 Å². The quantitative estimate of drug-likeness (QED) is 0.0494. The summed E-state index contributed by atoms with van der Waals surface area (Å²) in [6, 6.07) is 17.0. The highest BCUT2D eigenvalue weighted by atomic mass is 16.6. The lowest BCUT2D eigenvalue weighted by Gasteiger charge is -2.35. The van der Waals surface area contributed by atoms with Crippen LogP contribution in [0.25, 0.3) is 0 Å². The van der Waals surface area contributed by atoms with Crippen LogP contribution in [0.2, 0.25) is 0 Å². The van der Waals surface area contributed by atoms with Crippen molar-refractivity contribution in [3.8, 4) is 17.2 Å². The van der Waals surface area contributed by atoms with E-state index in [2.05, 4.69) is 61.6 Å². The molecule has 3 saturated heterocycles. The summed E-state index contributed by atoms with van der Waals surface area (Å²) in [5.41, 5.74) is 4.44. The number of methoxy groups -OCH3 is 3. The van der Waals surface area contributed by atoms with Crippen molar-refractivity contribution in [2.24, 2.45) is 0 Å². The van der Waals surface area contributed by atoms with Crippen LogP contribution in [0.3, 0.4) is 0 Å². The van der Waals surface area contributed by atoms with Gasteiger partial charge in [0.25, 0.3) is 17.7 Å². The third-order valence-corrected chi connectivity index (χ3v) is 23.8. The number of nitrogens with zero attached hydrogens (tertiary/aromatic N) is 15. The van der Waals surface area contributed by atoms with Crippen molar-refractivity contribution in [1.82, 2.24) is 60.6 Å². The molecule has 0 radical (unpaired) electrons. The lowest BCUT2D eigenvalue weighted by atomic mass is 10.0. The maximum Gasteiger partial charge on any atom is 0.410 e. The molecule has 34 heteroatoms. The number of ether oxygens (including phenoxy) is 5. The maximum absolute atomic E-state index is 13.3. The summed E-state index contributed by atoms with van der Waals surface area (Å²) in [5, 5.41) is 19.3. The summed E-state index contributed by atoms with van der Waals surface area (Å²) in [7, 11) is 10.0. The second-order valence-corrected chi connectivity index (χ2v) is 34.3. The number of anilines is 12. The first kappa shape index (κ1) is 87.2. The first-order chi connectivity index (χ1) is 58.1. The third kappa shape index (κ3) is 21.6. The molecule has 0 unspecified atom stereocenters. The molecule has 650 valence electrons. The van der Waals surface area contributed by atoms with Gasteiger partial charge in [0, 0.05) is 146 Å². The Bertz CT molecular complexity index is 4710. The van der Waals surface area contributed by atoms with Crippen LogP contribution in [0.5, 0.6) is 17.2 Å². The first-order valence-electron chi connectivity index (χ1n) is 42.7. The number of amides is 8. The zero-order valence-electron chi connectivity index (χ0n) is 72.0. The number of hydrogen-bond donors (Lipinski definition) is 6. The Balaban J connectivity index is 0.000000157. The van der Waals surface area contributed by atoms with Crippen molar-refractivity contribution in [1.29, 1.82) is 0 Å². The molecule has 0 spiro atoms. The standard InChI is InChI=1S/C31H43N7O5.C30H41N7O5.C26H35N7O3/c1-31(2,3)43-30(41)37-15-12-21(13-16-37)33-28(40)20-10-11-23(25(18-20)42-5)34-29-32-19-24-27(35-29)38(22-8-6-7-9-22)17-14-26(39)36(24)4;1-30(2,3)42-29(40)36-16-14-35(15-17-36)27(39)20-10-11-22(24(18-20)41-5)32-28-31-19-23-26(33-28)37(21-8-6-7-9-21)13-12-25(38)34(23)4;1-32-21-16-28-26(31-24(21)33(14-11-23(32)34)19-5-3-4-6-19)30-20-8-7-17(15-22(20)36-2)25(35)29-18-9-12-27-13-10-18/h10-11,18-19,21-22H,6-9,12-17H2,1-5H3,(H,33,40)(H,32,34,35);10-11,18-19,21H,6-9,12-17H2,1-5H3,(H,31,32,33);7-8,15-16,18-19,27H,3-6,9-14H2,1-2H3,(H,29,35)(H,28,30,31). The monoisotopic (exact) mass is 1670 g/mol. The Morgan fingerprint density at radius 1 is 0.405 bits per heavy atom. The maximum atomic E-state index is 13.3. The highest BCUT2D eigenvalue weighted by molar-refractivity contribution is 6.01. The van der Waals surface area contributed by atoms with Gasteiger partial charge in [-0.15, -0.1) is 0 Å². The minimum Gasteiger partial charge on any atom is -0.495 e. The molecule has 0 atom stereocenters. The van der Waals surface area contributed by atoms with Crippen molar-refractivity contribution < 1.29 is 62.0 Å². The fourth-order valence-electron chi connectivity index (χ4n) is 17.0. The zero-order chi connectivity index (χ0) is 85.8. The van der Waals surface area contributed by atoms with E-state index < -0.39 is 11.2 Å². The van der Waals surface area contributed by atoms with Crippen LogP contribution in [0, 0.1) is 0 Å². The van der Waals surface area contributed by atoms with Gasteiger partial charge >= 0.3 is 12.2 Å². The predicted molar refractivity (Wildman–Crippen MR) is 463 cm³/mol. The van der Waals surface area contributed by atoms with Crippen LogP contribution >= 0.6 is 0 Å². The largest absolute Gasteiger partial charge is 0.495 e. The van der Waals surface area contributed by atoms with Crippen molar-refractivity contribution in [2.45, 2.75) is 205 Å². The molecule has 121 heavy (non-hydrogen) atoms. The van der Waals surface area contributed by atoms with Crippen molar-refractivity contribution >= 4 is 117 Å². The number of piperazine rings is 1. The average molecular weight is 1670 g/mol. The molecule has 3 aromatic carbocycles. The summed E-state index contributed by atoms with van der Waals surface area (Å²) < 4.78 is 27.8. The molecule has 6 aliphatic heterocycles. The minimum atomic E-state index is -0.565. The number of hydrogen-bond acceptors (Lipinski definition) is 26. The second-order valence-electron chi connectivity index (χ2n) is 34.3. The number of carbonyl (C=O) groups is 8. The van der Waals surface area contributed by atoms with E-state index in [1.807, 2.05) is 47.6 Å². The molecule has 34 nitrogen and oxygen atoms in total. The van der Waals surface area contributed by atoms with Crippen LogP contribution in [-0.4, -0.2) is 248 Å². The summed E-state index contributed by atoms with van der Waals surface area (Å²) >= 11 is 0. The molecule has 0 bridgehead atoms. The molecule has 3 aromatic heterocycles. The third-order valence-electron chi connectivity index (χ3n) is 23.8. The topological polar surface area (TPSA) is 361 Å². The van der Waals surface area contributed by atoms with Gasteiger partial charge in [-0.1, -0.05) is 38.5 Å². The number of fused-ring (bicyclic) bond motifs is 3. The van der Waals surface area contributed by atoms with E-state index >= 15 is 0 Å². The van der Waals surface area contributed by atoms with Crippen LogP contribution in [0.1, 0.15) is 195 Å². The van der Waals surface area contributed by atoms with Crippen LogP contribution in [0.4, 0.5) is 79.0 Å². The molecule has 6 aromatic rings. The van der Waals surface area contributed by atoms with Crippen molar-refractivity contribution in [2.75, 3.05) is 160 Å². The summed E-state index contributed by atoms with van der Waals surface area (Å²) in [5.74, 6) is 4.70. The fraction of sp³-hybridized carbons (Fsp3) is 0.563. The molecule has 9 aliphatic rings. The lowest BCUT2D eigenvalue weighted by molar-refractivity contribution is -0.118. The van der Waals surface area contributed by atoms with Crippen LogP contribution in [0.15, 0.2) is 73.2 Å². The second kappa shape index (κ2) is 38.9. The Kier molecular flexibility index (Phi) is 28.0. The van der Waals surface area contributed by atoms with E-state index in [4.69, 9.17) is 38.6 Å². The Hall–Kier alpha value is -11.6. The fourth-order valence-corrected chi connectivity index (χ4v) is 17.0. The number of piperidine rings is 2. The highest BCUT2D eigenvalue weighted by Crippen LogP contribution is 2.42. The van der Waals surface area contributed by atoms with E-state index in [-0.39, 0.29) is 59.7 Å². The molecule has 8 amide bonds. The average Bonchev–Trinajstić information content (AvgIpc) is 1.68. The Labute approximate surface area is 708 Å².